The van der Waals surface area contributed by atoms with Crippen LogP contribution >= 0.6 is 0 Å². The maximum atomic E-state index is 12.8. The molecule has 154 valence electrons. The van der Waals surface area contributed by atoms with Crippen molar-refractivity contribution in [3.63, 3.8) is 0 Å². The van der Waals surface area contributed by atoms with Gasteiger partial charge in [-0.1, -0.05) is 6.07 Å². The molecule has 0 aromatic heterocycles. The van der Waals surface area contributed by atoms with Gasteiger partial charge < -0.3 is 14.7 Å². The summed E-state index contributed by atoms with van der Waals surface area (Å²) in [6, 6.07) is 5.81. The Morgan fingerprint density at radius 3 is 2.79 bits per heavy atom. The number of carbonyl (C=O) groups is 2. The second-order valence-corrected chi connectivity index (χ2v) is 8.04. The minimum absolute atomic E-state index is 0.0907. The number of hydrogen-bond acceptors (Lipinski definition) is 6. The Labute approximate surface area is 170 Å². The summed E-state index contributed by atoms with van der Waals surface area (Å²) < 4.78 is 0. The SMILES string of the molecule is O=C1C2CCCN2C(=O)CN1CN1CCN(c2cccc3c2CC=COO3)CC1. The van der Waals surface area contributed by atoms with Crippen LogP contribution in [0.2, 0.25) is 0 Å². The van der Waals surface area contributed by atoms with Crippen LogP contribution in [0.1, 0.15) is 18.4 Å². The molecule has 8 heteroatoms. The lowest BCUT2D eigenvalue weighted by Crippen LogP contribution is -2.60. The zero-order chi connectivity index (χ0) is 19.8. The van der Waals surface area contributed by atoms with Gasteiger partial charge in [0.2, 0.25) is 11.8 Å². The van der Waals surface area contributed by atoms with Crippen LogP contribution in [-0.2, 0) is 20.9 Å². The molecule has 3 fully saturated rings. The molecular formula is C21H26N4O4. The van der Waals surface area contributed by atoms with Crippen LogP contribution < -0.4 is 9.79 Å². The normalized spacial score (nSPS) is 24.7. The van der Waals surface area contributed by atoms with Crippen molar-refractivity contribution in [3.8, 4) is 5.75 Å². The van der Waals surface area contributed by atoms with Crippen molar-refractivity contribution in [1.29, 1.82) is 0 Å². The van der Waals surface area contributed by atoms with Crippen LogP contribution in [0, 0.1) is 0 Å². The second-order valence-electron chi connectivity index (χ2n) is 8.04. The number of allylic oxidation sites excluding steroid dienone is 1. The average molecular weight is 398 g/mol. The number of hydrogen-bond donors (Lipinski definition) is 0. The summed E-state index contributed by atoms with van der Waals surface area (Å²) in [5, 5.41) is 0. The average Bonchev–Trinajstić information content (AvgIpc) is 3.12. The fourth-order valence-corrected chi connectivity index (χ4v) is 4.77. The molecule has 8 nitrogen and oxygen atoms in total. The molecule has 2 amide bonds. The lowest BCUT2D eigenvalue weighted by molar-refractivity contribution is -0.155. The third kappa shape index (κ3) is 3.42. The Morgan fingerprint density at radius 2 is 1.93 bits per heavy atom. The molecule has 1 unspecified atom stereocenters. The van der Waals surface area contributed by atoms with E-state index >= 15 is 0 Å². The van der Waals surface area contributed by atoms with Gasteiger partial charge in [-0.3, -0.25) is 24.3 Å². The van der Waals surface area contributed by atoms with E-state index in [0.29, 0.717) is 6.67 Å². The molecule has 4 aliphatic rings. The highest BCUT2D eigenvalue weighted by Crippen LogP contribution is 2.32. The summed E-state index contributed by atoms with van der Waals surface area (Å²) in [5.74, 6) is 0.961. The van der Waals surface area contributed by atoms with Crippen LogP contribution in [0.5, 0.6) is 5.75 Å². The molecule has 4 heterocycles. The van der Waals surface area contributed by atoms with Crippen LogP contribution in [-0.4, -0.2) is 78.5 Å². The number of rotatable bonds is 3. The summed E-state index contributed by atoms with van der Waals surface area (Å²) in [6.07, 6.45) is 6.03. The summed E-state index contributed by atoms with van der Waals surface area (Å²) in [5.41, 5.74) is 2.30. The molecule has 4 aliphatic heterocycles. The maximum Gasteiger partial charge on any atom is 0.246 e. The van der Waals surface area contributed by atoms with Gasteiger partial charge in [0.25, 0.3) is 0 Å². The fourth-order valence-electron chi connectivity index (χ4n) is 4.77. The van der Waals surface area contributed by atoms with Crippen LogP contribution in [0.15, 0.2) is 30.5 Å². The first-order valence-electron chi connectivity index (χ1n) is 10.4. The quantitative estimate of drug-likeness (QED) is 0.708. The van der Waals surface area contributed by atoms with E-state index in [-0.39, 0.29) is 24.4 Å². The molecule has 0 saturated carbocycles. The maximum absolute atomic E-state index is 12.8. The molecule has 0 radical (unpaired) electrons. The van der Waals surface area contributed by atoms with Crippen molar-refractivity contribution in [2.24, 2.45) is 0 Å². The van der Waals surface area contributed by atoms with E-state index in [1.165, 1.54) is 5.69 Å². The largest absolute Gasteiger partial charge is 0.369 e. The van der Waals surface area contributed by atoms with Crippen molar-refractivity contribution in [2.75, 3.05) is 50.8 Å². The Kier molecular flexibility index (Phi) is 4.79. The van der Waals surface area contributed by atoms with Crippen molar-refractivity contribution in [2.45, 2.75) is 25.3 Å². The third-order valence-corrected chi connectivity index (χ3v) is 6.30. The summed E-state index contributed by atoms with van der Waals surface area (Å²) >= 11 is 0. The van der Waals surface area contributed by atoms with E-state index in [9.17, 15) is 9.59 Å². The topological polar surface area (TPSA) is 65.6 Å². The van der Waals surface area contributed by atoms with Gasteiger partial charge in [0.05, 0.1) is 6.67 Å². The van der Waals surface area contributed by atoms with Gasteiger partial charge in [-0.15, -0.1) is 0 Å². The Hall–Kier alpha value is -2.74. The molecule has 1 aromatic rings. The molecule has 0 bridgehead atoms. The van der Waals surface area contributed by atoms with Crippen LogP contribution in [0.25, 0.3) is 0 Å². The lowest BCUT2D eigenvalue weighted by atomic mass is 10.1. The van der Waals surface area contributed by atoms with E-state index in [2.05, 4.69) is 15.9 Å². The van der Waals surface area contributed by atoms with Crippen molar-refractivity contribution >= 4 is 17.5 Å². The molecule has 0 spiro atoms. The van der Waals surface area contributed by atoms with Gasteiger partial charge in [0.1, 0.15) is 18.8 Å². The minimum Gasteiger partial charge on any atom is -0.369 e. The first-order chi connectivity index (χ1) is 14.2. The zero-order valence-corrected chi connectivity index (χ0v) is 16.5. The Bertz CT molecular complexity index is 834. The summed E-state index contributed by atoms with van der Waals surface area (Å²) in [7, 11) is 0. The van der Waals surface area contributed by atoms with Gasteiger partial charge >= 0.3 is 0 Å². The number of fused-ring (bicyclic) bond motifs is 2. The standard InChI is InChI=1S/C21H26N4O4/c26-20-14-24(21(27)18-6-2-8-25(18)20)15-22-9-11-23(12-10-22)17-5-1-7-19-16(17)4-3-13-28-29-19/h1,3,5,7,13,18H,2,4,6,8-12,14-15H2. The van der Waals surface area contributed by atoms with Gasteiger partial charge in [0.15, 0.2) is 5.75 Å². The van der Waals surface area contributed by atoms with E-state index < -0.39 is 0 Å². The number of anilines is 1. The van der Waals surface area contributed by atoms with Crippen LogP contribution in [0.3, 0.4) is 0 Å². The molecule has 3 saturated heterocycles. The molecule has 0 aliphatic carbocycles. The Morgan fingerprint density at radius 1 is 1.07 bits per heavy atom. The minimum atomic E-state index is -0.229. The number of carbonyl (C=O) groups excluding carboxylic acids is 2. The molecule has 29 heavy (non-hydrogen) atoms. The second kappa shape index (κ2) is 7.59. The van der Waals surface area contributed by atoms with Gasteiger partial charge in [-0.2, -0.15) is 0 Å². The predicted molar refractivity (Wildman–Crippen MR) is 106 cm³/mol. The van der Waals surface area contributed by atoms with Crippen molar-refractivity contribution < 1.29 is 19.4 Å². The molecule has 0 N–H and O–H groups in total. The van der Waals surface area contributed by atoms with Gasteiger partial charge in [-0.25, -0.2) is 0 Å². The predicted octanol–water partition coefficient (Wildman–Crippen LogP) is 0.980. The lowest BCUT2D eigenvalue weighted by Gasteiger charge is -2.42. The smallest absolute Gasteiger partial charge is 0.246 e. The Balaban J connectivity index is 1.22. The molecule has 1 atom stereocenters. The number of piperazine rings is 2. The van der Waals surface area contributed by atoms with Gasteiger partial charge in [0, 0.05) is 44.0 Å². The highest BCUT2D eigenvalue weighted by atomic mass is 17.2. The number of amides is 2. The summed E-state index contributed by atoms with van der Waals surface area (Å²) in [6.45, 7) is 4.92. The fraction of sp³-hybridized carbons (Fsp3) is 0.524. The number of nitrogens with zero attached hydrogens (tertiary/aromatic N) is 4. The van der Waals surface area contributed by atoms with Crippen LogP contribution in [0.4, 0.5) is 5.69 Å². The van der Waals surface area contributed by atoms with Crippen molar-refractivity contribution in [3.05, 3.63) is 36.1 Å². The number of benzene rings is 1. The van der Waals surface area contributed by atoms with E-state index in [4.69, 9.17) is 9.78 Å². The highest BCUT2D eigenvalue weighted by Gasteiger charge is 2.42. The first-order valence-corrected chi connectivity index (χ1v) is 10.4. The highest BCUT2D eigenvalue weighted by molar-refractivity contribution is 5.95. The molecule has 1 aromatic carbocycles. The monoisotopic (exact) mass is 398 g/mol. The summed E-state index contributed by atoms with van der Waals surface area (Å²) in [4.78, 5) is 43.7. The van der Waals surface area contributed by atoms with Gasteiger partial charge in [-0.05, 0) is 37.5 Å². The molecule has 5 rings (SSSR count). The third-order valence-electron chi connectivity index (χ3n) is 6.30. The van der Waals surface area contributed by atoms with Crippen molar-refractivity contribution in [1.82, 2.24) is 14.7 Å². The van der Waals surface area contributed by atoms with E-state index in [1.54, 1.807) is 16.1 Å². The zero-order valence-electron chi connectivity index (χ0n) is 16.5. The van der Waals surface area contributed by atoms with E-state index in [1.807, 2.05) is 18.2 Å². The van der Waals surface area contributed by atoms with E-state index in [0.717, 1.165) is 63.3 Å². The first kappa shape index (κ1) is 18.3. The molecular weight excluding hydrogens is 372 g/mol.